The second kappa shape index (κ2) is 10.3. The lowest BCUT2D eigenvalue weighted by molar-refractivity contribution is -0.111. The molecule has 0 saturated carbocycles. The van der Waals surface area contributed by atoms with Gasteiger partial charge in [-0.05, 0) is 68.9 Å². The number of fused-ring (bicyclic) bond motifs is 1. The first-order valence-electron chi connectivity index (χ1n) is 11.4. The van der Waals surface area contributed by atoms with Crippen molar-refractivity contribution in [2.75, 3.05) is 33.1 Å². The van der Waals surface area contributed by atoms with Crippen molar-refractivity contribution in [3.05, 3.63) is 77.6 Å². The minimum Gasteiger partial charge on any atom is -0.496 e. The number of nitrogens with zero attached hydrogens (tertiary/aromatic N) is 2. The summed E-state index contributed by atoms with van der Waals surface area (Å²) in [5.74, 6) is -0.764. The van der Waals surface area contributed by atoms with Crippen LogP contribution in [-0.4, -0.2) is 48.5 Å². The monoisotopic (exact) mass is 490 g/mol. The third-order valence-corrected chi connectivity index (χ3v) is 5.98. The molecule has 8 heteroatoms. The third kappa shape index (κ3) is 5.13. The third-order valence-electron chi connectivity index (χ3n) is 5.98. The van der Waals surface area contributed by atoms with Crippen LogP contribution < -0.4 is 10.1 Å². The van der Waals surface area contributed by atoms with Gasteiger partial charge in [0.25, 0.3) is 0 Å². The van der Waals surface area contributed by atoms with Gasteiger partial charge in [0.15, 0.2) is 0 Å². The maximum atomic E-state index is 14.6. The maximum Gasteiger partial charge on any atom is 0.248 e. The minimum absolute atomic E-state index is 0.336. The molecule has 0 atom stereocenters. The fourth-order valence-corrected chi connectivity index (χ4v) is 4.07. The second-order valence-electron chi connectivity index (χ2n) is 8.90. The number of halogens is 2. The quantitative estimate of drug-likeness (QED) is 0.319. The zero-order chi connectivity index (χ0) is 26.0. The number of pyridine rings is 1. The summed E-state index contributed by atoms with van der Waals surface area (Å²) < 4.78 is 34.2. The highest BCUT2D eigenvalue weighted by Gasteiger charge is 2.17. The first-order chi connectivity index (χ1) is 17.2. The number of methoxy groups -OCH3 is 1. The summed E-state index contributed by atoms with van der Waals surface area (Å²) in [5.41, 5.74) is 5.00. The summed E-state index contributed by atoms with van der Waals surface area (Å²) in [4.78, 5) is 22.0. The van der Waals surface area contributed by atoms with Gasteiger partial charge in [-0.15, -0.1) is 0 Å². The number of anilines is 1. The van der Waals surface area contributed by atoms with Crippen molar-refractivity contribution in [2.24, 2.45) is 0 Å². The molecule has 4 rings (SSSR count). The number of nitrogens with one attached hydrogen (secondary N) is 2. The Hall–Kier alpha value is -4.04. The number of H-pyrrole nitrogens is 1. The average Bonchev–Trinajstić information content (AvgIpc) is 3.25. The van der Waals surface area contributed by atoms with Crippen LogP contribution in [0.1, 0.15) is 11.1 Å². The van der Waals surface area contributed by atoms with E-state index < -0.39 is 5.82 Å². The Balaban J connectivity index is 1.76. The largest absolute Gasteiger partial charge is 0.496 e. The predicted octanol–water partition coefficient (Wildman–Crippen LogP) is 5.86. The predicted molar refractivity (Wildman–Crippen MR) is 139 cm³/mol. The Morgan fingerprint density at radius 3 is 2.61 bits per heavy atom. The van der Waals surface area contributed by atoms with Gasteiger partial charge in [0.2, 0.25) is 5.91 Å². The van der Waals surface area contributed by atoms with Crippen molar-refractivity contribution in [2.45, 2.75) is 13.8 Å². The number of ether oxygens (including phenoxy) is 1. The number of aromatic nitrogens is 2. The van der Waals surface area contributed by atoms with E-state index in [2.05, 4.69) is 15.3 Å². The zero-order valence-electron chi connectivity index (χ0n) is 20.9. The second-order valence-corrected chi connectivity index (χ2v) is 8.90. The smallest absolute Gasteiger partial charge is 0.248 e. The molecule has 0 saturated heterocycles. The number of hydrogen-bond donors (Lipinski definition) is 2. The van der Waals surface area contributed by atoms with E-state index in [0.717, 1.165) is 16.5 Å². The molecule has 6 nitrogen and oxygen atoms in total. The lowest BCUT2D eigenvalue weighted by Crippen LogP contribution is -2.13. The normalized spacial score (nSPS) is 11.6. The number of hydrogen-bond acceptors (Lipinski definition) is 4. The van der Waals surface area contributed by atoms with E-state index >= 15 is 0 Å². The van der Waals surface area contributed by atoms with Crippen molar-refractivity contribution in [3.63, 3.8) is 0 Å². The van der Waals surface area contributed by atoms with Gasteiger partial charge in [0.05, 0.1) is 7.11 Å². The minimum atomic E-state index is -0.478. The summed E-state index contributed by atoms with van der Waals surface area (Å²) in [6.45, 7) is 4.13. The van der Waals surface area contributed by atoms with Crippen molar-refractivity contribution >= 4 is 22.6 Å². The molecule has 186 valence electrons. The molecule has 0 unspecified atom stereocenters. The number of likely N-dealkylation sites (N-methyl/N-ethyl adjacent to an activating group) is 1. The standard InChI is InChI=1S/C28H28F2N4O2/c1-16-9-21(26(36-5)13-24(16)30)23-15-32-28-22(23)10-18(14-31-28)20-11-19(29)12-25(17(20)2)33-27(35)7-6-8-34(3)4/h6-7,9-15H,8H2,1-5H3,(H,31,32)(H,33,35)/b7-6+. The van der Waals surface area contributed by atoms with Crippen LogP contribution in [0.15, 0.2) is 54.9 Å². The van der Waals surface area contributed by atoms with E-state index in [1.807, 2.05) is 32.0 Å². The molecule has 0 aliphatic rings. The molecule has 2 aromatic heterocycles. The molecular weight excluding hydrogens is 462 g/mol. The average molecular weight is 491 g/mol. The number of amides is 1. The molecule has 4 aromatic rings. The summed E-state index contributed by atoms with van der Waals surface area (Å²) in [6.07, 6.45) is 6.62. The Kier molecular flexibility index (Phi) is 7.17. The Bertz CT molecular complexity index is 1470. The van der Waals surface area contributed by atoms with Gasteiger partial charge < -0.3 is 19.9 Å². The highest BCUT2D eigenvalue weighted by molar-refractivity contribution is 6.01. The Morgan fingerprint density at radius 1 is 1.11 bits per heavy atom. The number of benzene rings is 2. The van der Waals surface area contributed by atoms with Crippen LogP contribution in [-0.2, 0) is 4.79 Å². The van der Waals surface area contributed by atoms with Crippen LogP contribution in [0.2, 0.25) is 0 Å². The fraction of sp³-hybridized carbons (Fsp3) is 0.214. The Labute approximate surface area is 208 Å². The van der Waals surface area contributed by atoms with Gasteiger partial charge in [-0.1, -0.05) is 6.08 Å². The lowest BCUT2D eigenvalue weighted by Gasteiger charge is -2.13. The van der Waals surface area contributed by atoms with E-state index in [4.69, 9.17) is 4.74 Å². The van der Waals surface area contributed by atoms with Crippen molar-refractivity contribution in [1.29, 1.82) is 0 Å². The molecule has 2 aromatic carbocycles. The zero-order valence-corrected chi connectivity index (χ0v) is 20.9. The topological polar surface area (TPSA) is 70.2 Å². The van der Waals surface area contributed by atoms with Gasteiger partial charge in [0.1, 0.15) is 23.0 Å². The number of carbonyl (C=O) groups excluding carboxylic acids is 1. The van der Waals surface area contributed by atoms with Gasteiger partial charge in [-0.2, -0.15) is 0 Å². The van der Waals surface area contributed by atoms with Crippen LogP contribution in [0.3, 0.4) is 0 Å². The SMILES string of the molecule is COc1cc(F)c(C)cc1-c1c[nH]c2ncc(-c3cc(F)cc(NC(=O)/C=C/CN(C)C)c3C)cc12. The van der Waals surface area contributed by atoms with Crippen LogP contribution >= 0.6 is 0 Å². The summed E-state index contributed by atoms with van der Waals surface area (Å²) in [5, 5.41) is 3.54. The summed E-state index contributed by atoms with van der Waals surface area (Å²) >= 11 is 0. The number of aryl methyl sites for hydroxylation is 1. The van der Waals surface area contributed by atoms with Gasteiger partial charge >= 0.3 is 0 Å². The summed E-state index contributed by atoms with van der Waals surface area (Å²) in [6, 6.07) is 7.71. The summed E-state index contributed by atoms with van der Waals surface area (Å²) in [7, 11) is 5.30. The Morgan fingerprint density at radius 2 is 1.89 bits per heavy atom. The van der Waals surface area contributed by atoms with Crippen LogP contribution in [0.5, 0.6) is 5.75 Å². The molecule has 2 heterocycles. The van der Waals surface area contributed by atoms with Crippen molar-refractivity contribution in [1.82, 2.24) is 14.9 Å². The van der Waals surface area contributed by atoms with Crippen LogP contribution in [0.4, 0.5) is 14.5 Å². The molecule has 0 spiro atoms. The van der Waals surface area contributed by atoms with Gasteiger partial charge in [-0.3, -0.25) is 4.79 Å². The number of rotatable bonds is 7. The van der Waals surface area contributed by atoms with Crippen molar-refractivity contribution < 1.29 is 18.3 Å². The molecular formula is C28H28F2N4O2. The highest BCUT2D eigenvalue weighted by atomic mass is 19.1. The van der Waals surface area contributed by atoms with Crippen molar-refractivity contribution in [3.8, 4) is 28.0 Å². The van der Waals surface area contributed by atoms with Crippen LogP contribution in [0.25, 0.3) is 33.3 Å². The molecule has 0 aliphatic carbocycles. The molecule has 0 radical (unpaired) electrons. The molecule has 0 aliphatic heterocycles. The van der Waals surface area contributed by atoms with E-state index in [9.17, 15) is 13.6 Å². The number of carbonyl (C=O) groups is 1. The van der Waals surface area contributed by atoms with Gasteiger partial charge in [0, 0.05) is 58.8 Å². The van der Waals surface area contributed by atoms with Gasteiger partial charge in [-0.25, -0.2) is 13.8 Å². The highest BCUT2D eigenvalue weighted by Crippen LogP contribution is 2.38. The molecule has 0 fully saturated rings. The molecule has 0 bridgehead atoms. The first kappa shape index (κ1) is 25.1. The van der Waals surface area contributed by atoms with Crippen LogP contribution in [0, 0.1) is 25.5 Å². The first-order valence-corrected chi connectivity index (χ1v) is 11.4. The van der Waals surface area contributed by atoms with E-state index in [0.29, 0.717) is 45.9 Å². The molecule has 36 heavy (non-hydrogen) atoms. The van der Waals surface area contributed by atoms with E-state index in [1.54, 1.807) is 31.5 Å². The molecule has 1 amide bonds. The lowest BCUT2D eigenvalue weighted by atomic mass is 9.97. The number of aromatic amines is 1. The molecule has 2 N–H and O–H groups in total. The maximum absolute atomic E-state index is 14.6. The van der Waals surface area contributed by atoms with E-state index in [-0.39, 0.29) is 11.7 Å². The van der Waals surface area contributed by atoms with E-state index in [1.165, 1.54) is 31.4 Å². The fourth-order valence-electron chi connectivity index (χ4n) is 4.07.